The molecule has 2 rings (SSSR count). The van der Waals surface area contributed by atoms with Gasteiger partial charge in [-0.2, -0.15) is 0 Å². The van der Waals surface area contributed by atoms with Crippen LogP contribution in [-0.4, -0.2) is 12.0 Å². The standard InChI is InChI=1S/C22H33N3/c1-5-7-9-17(10-8-6-2)21-13-18(15-25-22(21)23)20-14-19(24-4)12-11-16(20)3/h11-15,17,24H,5-10H2,1-4H3,(H2,23,25). The molecule has 1 aromatic heterocycles. The maximum atomic E-state index is 6.28. The van der Waals surface area contributed by atoms with E-state index in [4.69, 9.17) is 5.73 Å². The van der Waals surface area contributed by atoms with E-state index in [2.05, 4.69) is 55.3 Å². The van der Waals surface area contributed by atoms with Crippen molar-refractivity contribution in [3.63, 3.8) is 0 Å². The number of nitrogen functional groups attached to an aromatic ring is 1. The van der Waals surface area contributed by atoms with Crippen molar-refractivity contribution in [2.75, 3.05) is 18.1 Å². The lowest BCUT2D eigenvalue weighted by atomic mass is 9.87. The van der Waals surface area contributed by atoms with Crippen LogP contribution in [0.1, 0.15) is 69.4 Å². The van der Waals surface area contributed by atoms with Gasteiger partial charge in [0.2, 0.25) is 0 Å². The number of rotatable bonds is 9. The monoisotopic (exact) mass is 339 g/mol. The van der Waals surface area contributed by atoms with Crippen LogP contribution in [0.2, 0.25) is 0 Å². The Hall–Kier alpha value is -2.03. The summed E-state index contributed by atoms with van der Waals surface area (Å²) < 4.78 is 0. The van der Waals surface area contributed by atoms with Crippen LogP contribution in [0.25, 0.3) is 11.1 Å². The molecule has 1 heterocycles. The molecule has 0 radical (unpaired) electrons. The van der Waals surface area contributed by atoms with E-state index >= 15 is 0 Å². The topological polar surface area (TPSA) is 50.9 Å². The third kappa shape index (κ3) is 4.97. The van der Waals surface area contributed by atoms with Crippen molar-refractivity contribution in [1.29, 1.82) is 0 Å². The zero-order valence-electron chi connectivity index (χ0n) is 16.2. The van der Waals surface area contributed by atoms with E-state index in [0.717, 1.165) is 11.3 Å². The lowest BCUT2D eigenvalue weighted by Crippen LogP contribution is -2.06. The first-order valence-electron chi connectivity index (χ1n) is 9.64. The fraction of sp³-hybridized carbons (Fsp3) is 0.500. The summed E-state index contributed by atoms with van der Waals surface area (Å²) >= 11 is 0. The first kappa shape index (κ1) is 19.3. The fourth-order valence-electron chi connectivity index (χ4n) is 3.41. The first-order chi connectivity index (χ1) is 12.1. The van der Waals surface area contributed by atoms with E-state index in [1.54, 1.807) is 0 Å². The molecular weight excluding hydrogens is 306 g/mol. The van der Waals surface area contributed by atoms with Gasteiger partial charge in [-0.3, -0.25) is 0 Å². The predicted octanol–water partition coefficient (Wildman–Crippen LogP) is 6.14. The maximum Gasteiger partial charge on any atom is 0.126 e. The lowest BCUT2D eigenvalue weighted by Gasteiger charge is -2.20. The van der Waals surface area contributed by atoms with Crippen molar-refractivity contribution < 1.29 is 0 Å². The summed E-state index contributed by atoms with van der Waals surface area (Å²) in [6.07, 6.45) is 9.23. The number of nitrogens with zero attached hydrogens (tertiary/aromatic N) is 1. The van der Waals surface area contributed by atoms with Gasteiger partial charge in [0.15, 0.2) is 0 Å². The molecule has 2 aromatic rings. The summed E-state index contributed by atoms with van der Waals surface area (Å²) in [6.45, 7) is 6.65. The van der Waals surface area contributed by atoms with Gasteiger partial charge in [0.05, 0.1) is 0 Å². The van der Waals surface area contributed by atoms with Gasteiger partial charge in [-0.25, -0.2) is 4.98 Å². The van der Waals surface area contributed by atoms with Gasteiger partial charge in [-0.05, 0) is 60.6 Å². The van der Waals surface area contributed by atoms with Crippen molar-refractivity contribution in [1.82, 2.24) is 4.98 Å². The summed E-state index contributed by atoms with van der Waals surface area (Å²) in [5.74, 6) is 1.21. The van der Waals surface area contributed by atoms with Gasteiger partial charge in [0.1, 0.15) is 5.82 Å². The van der Waals surface area contributed by atoms with E-state index in [1.165, 1.54) is 55.2 Å². The van der Waals surface area contributed by atoms with Crippen LogP contribution in [0.15, 0.2) is 30.5 Å². The van der Waals surface area contributed by atoms with Crippen LogP contribution < -0.4 is 11.1 Å². The van der Waals surface area contributed by atoms with Gasteiger partial charge in [0.25, 0.3) is 0 Å². The van der Waals surface area contributed by atoms with Crippen LogP contribution in [0.4, 0.5) is 11.5 Å². The van der Waals surface area contributed by atoms with Gasteiger partial charge in [-0.1, -0.05) is 45.6 Å². The molecule has 3 N–H and O–H groups in total. The molecule has 0 aliphatic heterocycles. The molecule has 0 spiro atoms. The number of aryl methyl sites for hydroxylation is 1. The number of anilines is 2. The number of pyridine rings is 1. The molecule has 0 unspecified atom stereocenters. The minimum absolute atomic E-state index is 0.514. The van der Waals surface area contributed by atoms with Gasteiger partial charge >= 0.3 is 0 Å². The number of benzene rings is 1. The normalized spacial score (nSPS) is 11.1. The number of unbranched alkanes of at least 4 members (excludes halogenated alkanes) is 2. The van der Waals surface area contributed by atoms with Gasteiger partial charge in [0, 0.05) is 24.5 Å². The molecule has 0 saturated heterocycles. The molecule has 0 amide bonds. The number of hydrogen-bond donors (Lipinski definition) is 2. The van der Waals surface area contributed by atoms with E-state index < -0.39 is 0 Å². The molecule has 1 aromatic carbocycles. The zero-order valence-corrected chi connectivity index (χ0v) is 16.2. The summed E-state index contributed by atoms with van der Waals surface area (Å²) in [5, 5.41) is 3.22. The SMILES string of the molecule is CCCCC(CCCC)c1cc(-c2cc(NC)ccc2C)cnc1N. The highest BCUT2D eigenvalue weighted by molar-refractivity contribution is 5.72. The quantitative estimate of drug-likeness (QED) is 0.576. The van der Waals surface area contributed by atoms with E-state index in [9.17, 15) is 0 Å². The highest BCUT2D eigenvalue weighted by Gasteiger charge is 2.16. The van der Waals surface area contributed by atoms with E-state index in [0.29, 0.717) is 11.7 Å². The van der Waals surface area contributed by atoms with Crippen LogP contribution in [-0.2, 0) is 0 Å². The molecule has 0 aliphatic rings. The fourth-order valence-corrected chi connectivity index (χ4v) is 3.41. The van der Waals surface area contributed by atoms with Crippen molar-refractivity contribution in [2.24, 2.45) is 0 Å². The summed E-state index contributed by atoms with van der Waals surface area (Å²) in [6, 6.07) is 8.73. The third-order valence-electron chi connectivity index (χ3n) is 5.04. The van der Waals surface area contributed by atoms with E-state index in [1.807, 2.05) is 13.2 Å². The van der Waals surface area contributed by atoms with Crippen molar-refractivity contribution in [3.8, 4) is 11.1 Å². The Morgan fingerprint density at radius 2 is 1.76 bits per heavy atom. The average molecular weight is 340 g/mol. The molecule has 3 nitrogen and oxygen atoms in total. The second kappa shape index (κ2) is 9.45. The van der Waals surface area contributed by atoms with Crippen LogP contribution in [0, 0.1) is 6.92 Å². The summed E-state index contributed by atoms with van der Waals surface area (Å²) in [5.41, 5.74) is 12.3. The maximum absolute atomic E-state index is 6.28. The Morgan fingerprint density at radius 3 is 2.36 bits per heavy atom. The van der Waals surface area contributed by atoms with Crippen LogP contribution in [0.5, 0.6) is 0 Å². The first-order valence-corrected chi connectivity index (χ1v) is 9.64. The second-order valence-electron chi connectivity index (χ2n) is 6.96. The minimum atomic E-state index is 0.514. The Kier molecular flexibility index (Phi) is 7.30. The van der Waals surface area contributed by atoms with Gasteiger partial charge in [-0.15, -0.1) is 0 Å². The highest BCUT2D eigenvalue weighted by atomic mass is 14.8. The average Bonchev–Trinajstić information content (AvgIpc) is 2.63. The Morgan fingerprint density at radius 1 is 1.08 bits per heavy atom. The largest absolute Gasteiger partial charge is 0.388 e. The number of nitrogens with two attached hydrogens (primary N) is 1. The molecule has 0 saturated carbocycles. The van der Waals surface area contributed by atoms with Crippen molar-refractivity contribution in [3.05, 3.63) is 41.6 Å². The summed E-state index contributed by atoms with van der Waals surface area (Å²) in [7, 11) is 1.95. The molecule has 25 heavy (non-hydrogen) atoms. The third-order valence-corrected chi connectivity index (χ3v) is 5.04. The Bertz CT molecular complexity index is 671. The Labute approximate surface area is 153 Å². The second-order valence-corrected chi connectivity index (χ2v) is 6.96. The van der Waals surface area contributed by atoms with Crippen molar-refractivity contribution >= 4 is 11.5 Å². The van der Waals surface area contributed by atoms with E-state index in [-0.39, 0.29) is 0 Å². The highest BCUT2D eigenvalue weighted by Crippen LogP contribution is 2.35. The number of nitrogens with one attached hydrogen (secondary N) is 1. The van der Waals surface area contributed by atoms with Gasteiger partial charge < -0.3 is 11.1 Å². The molecule has 0 aliphatic carbocycles. The molecular formula is C22H33N3. The van der Waals surface area contributed by atoms with Crippen molar-refractivity contribution in [2.45, 2.75) is 65.2 Å². The van der Waals surface area contributed by atoms with Crippen LogP contribution in [0.3, 0.4) is 0 Å². The van der Waals surface area contributed by atoms with Crippen LogP contribution >= 0.6 is 0 Å². The number of hydrogen-bond acceptors (Lipinski definition) is 3. The lowest BCUT2D eigenvalue weighted by molar-refractivity contribution is 0.525. The molecule has 0 bridgehead atoms. The minimum Gasteiger partial charge on any atom is -0.388 e. The molecule has 0 fully saturated rings. The predicted molar refractivity (Wildman–Crippen MR) is 110 cm³/mol. The summed E-state index contributed by atoms with van der Waals surface area (Å²) in [4.78, 5) is 4.55. The number of aromatic nitrogens is 1. The molecule has 0 atom stereocenters. The molecule has 136 valence electrons. The zero-order chi connectivity index (χ0) is 18.2. The smallest absolute Gasteiger partial charge is 0.126 e. The Balaban J connectivity index is 2.41. The molecule has 3 heteroatoms.